The van der Waals surface area contributed by atoms with Crippen molar-refractivity contribution in [1.82, 2.24) is 24.7 Å². The lowest BCUT2D eigenvalue weighted by Crippen LogP contribution is -2.04. The van der Waals surface area contributed by atoms with E-state index >= 15 is 0 Å². The number of anilines is 3. The van der Waals surface area contributed by atoms with E-state index in [4.69, 9.17) is 0 Å². The molecule has 3 heterocycles. The molecular formula is C23H22N10. The van der Waals surface area contributed by atoms with Crippen molar-refractivity contribution in [3.63, 3.8) is 0 Å². The van der Waals surface area contributed by atoms with Crippen molar-refractivity contribution in [3.05, 3.63) is 71.2 Å². The van der Waals surface area contributed by atoms with Crippen LogP contribution in [0.5, 0.6) is 0 Å². The highest BCUT2D eigenvalue weighted by molar-refractivity contribution is 5.76. The van der Waals surface area contributed by atoms with Crippen LogP contribution in [0.2, 0.25) is 0 Å². The Kier molecular flexibility index (Phi) is 6.04. The first-order chi connectivity index (χ1) is 16.0. The van der Waals surface area contributed by atoms with Gasteiger partial charge in [-0.3, -0.25) is 0 Å². The summed E-state index contributed by atoms with van der Waals surface area (Å²) in [5.74, 6) is 2.30. The number of nitrogens with one attached hydrogen (secondary N) is 2. The number of nitriles is 1. The summed E-state index contributed by atoms with van der Waals surface area (Å²) in [6.45, 7) is 5.59. The molecule has 0 spiro atoms. The molecule has 0 saturated carbocycles. The zero-order valence-corrected chi connectivity index (χ0v) is 18.7. The second kappa shape index (κ2) is 9.23. The van der Waals surface area contributed by atoms with E-state index in [0.717, 1.165) is 11.3 Å². The molecule has 0 aliphatic carbocycles. The normalized spacial score (nSPS) is 10.9. The molecule has 4 rings (SSSR count). The van der Waals surface area contributed by atoms with Crippen molar-refractivity contribution in [3.8, 4) is 11.9 Å². The summed E-state index contributed by atoms with van der Waals surface area (Å²) in [7, 11) is 1.74. The molecule has 3 aromatic heterocycles. The van der Waals surface area contributed by atoms with Crippen LogP contribution in [0.3, 0.4) is 0 Å². The van der Waals surface area contributed by atoms with E-state index in [1.165, 1.54) is 4.68 Å². The fraction of sp³-hybridized carbons (Fsp3) is 0.174. The van der Waals surface area contributed by atoms with Gasteiger partial charge in [-0.1, -0.05) is 23.8 Å². The maximum absolute atomic E-state index is 9.83. The van der Waals surface area contributed by atoms with Crippen LogP contribution < -0.4 is 10.6 Å². The van der Waals surface area contributed by atoms with Gasteiger partial charge in [0, 0.05) is 24.5 Å². The molecule has 0 unspecified atom stereocenters. The highest BCUT2D eigenvalue weighted by Gasteiger charge is 2.18. The van der Waals surface area contributed by atoms with Crippen molar-refractivity contribution in [2.45, 2.75) is 20.8 Å². The van der Waals surface area contributed by atoms with E-state index in [1.807, 2.05) is 50.2 Å². The third-order valence-electron chi connectivity index (χ3n) is 4.88. The molecule has 164 valence electrons. The van der Waals surface area contributed by atoms with Crippen LogP contribution in [0, 0.1) is 32.1 Å². The van der Waals surface area contributed by atoms with E-state index in [1.54, 1.807) is 26.2 Å². The fourth-order valence-corrected chi connectivity index (χ4v) is 3.19. The number of pyridine rings is 2. The van der Waals surface area contributed by atoms with E-state index in [2.05, 4.69) is 47.0 Å². The molecule has 33 heavy (non-hydrogen) atoms. The minimum absolute atomic E-state index is 0.271. The lowest BCUT2D eigenvalue weighted by molar-refractivity contribution is 0.826. The topological polar surface area (TPSA) is 129 Å². The Bertz CT molecular complexity index is 1350. The Morgan fingerprint density at radius 1 is 0.970 bits per heavy atom. The van der Waals surface area contributed by atoms with Crippen LogP contribution in [-0.2, 0) is 0 Å². The fourth-order valence-electron chi connectivity index (χ4n) is 3.19. The predicted molar refractivity (Wildman–Crippen MR) is 126 cm³/mol. The molecule has 2 N–H and O–H groups in total. The van der Waals surface area contributed by atoms with E-state index in [9.17, 15) is 5.26 Å². The van der Waals surface area contributed by atoms with Gasteiger partial charge in [0.1, 0.15) is 17.6 Å². The van der Waals surface area contributed by atoms with E-state index in [-0.39, 0.29) is 5.95 Å². The van der Waals surface area contributed by atoms with Gasteiger partial charge in [0.05, 0.1) is 5.56 Å². The van der Waals surface area contributed by atoms with Crippen LogP contribution in [-0.4, -0.2) is 31.8 Å². The second-order valence-corrected chi connectivity index (χ2v) is 7.27. The Hall–Kier alpha value is -4.65. The maximum Gasteiger partial charge on any atom is 0.273 e. The highest BCUT2D eigenvalue weighted by atomic mass is 15.4. The van der Waals surface area contributed by atoms with Gasteiger partial charge in [0.15, 0.2) is 17.5 Å². The highest BCUT2D eigenvalue weighted by Crippen LogP contribution is 2.35. The maximum atomic E-state index is 9.83. The smallest absolute Gasteiger partial charge is 0.273 e. The van der Waals surface area contributed by atoms with Gasteiger partial charge in [-0.05, 0) is 45.0 Å². The number of nitrogens with zero attached hydrogens (tertiary/aromatic N) is 8. The number of aromatic nitrogens is 5. The molecule has 0 saturated heterocycles. The largest absolute Gasteiger partial charge is 0.371 e. The average molecular weight is 438 g/mol. The quantitative estimate of drug-likeness (QED) is 0.403. The molecule has 10 heteroatoms. The molecule has 10 nitrogen and oxygen atoms in total. The Balaban J connectivity index is 1.74. The van der Waals surface area contributed by atoms with Gasteiger partial charge in [-0.2, -0.15) is 14.9 Å². The van der Waals surface area contributed by atoms with Gasteiger partial charge in [-0.25, -0.2) is 9.97 Å². The summed E-state index contributed by atoms with van der Waals surface area (Å²) in [6.07, 6.45) is 1.67. The Labute approximate surface area is 191 Å². The first kappa shape index (κ1) is 21.6. The van der Waals surface area contributed by atoms with Crippen LogP contribution >= 0.6 is 0 Å². The molecule has 0 bridgehead atoms. The molecule has 1 aromatic carbocycles. The van der Waals surface area contributed by atoms with Gasteiger partial charge in [-0.15, -0.1) is 15.3 Å². The van der Waals surface area contributed by atoms with Crippen LogP contribution in [0.25, 0.3) is 5.82 Å². The van der Waals surface area contributed by atoms with Gasteiger partial charge in [0.2, 0.25) is 0 Å². The lowest BCUT2D eigenvalue weighted by atomic mass is 10.1. The Morgan fingerprint density at radius 3 is 2.42 bits per heavy atom. The van der Waals surface area contributed by atoms with E-state index < -0.39 is 0 Å². The molecule has 4 aromatic rings. The van der Waals surface area contributed by atoms with Crippen molar-refractivity contribution in [2.75, 3.05) is 17.7 Å². The number of hydrogen-bond acceptors (Lipinski definition) is 9. The molecular weight excluding hydrogens is 416 g/mol. The summed E-state index contributed by atoms with van der Waals surface area (Å²) in [4.78, 5) is 13.2. The first-order valence-electron chi connectivity index (χ1n) is 10.2. The second-order valence-electron chi connectivity index (χ2n) is 7.27. The molecule has 0 radical (unpaired) electrons. The Morgan fingerprint density at radius 2 is 1.76 bits per heavy atom. The van der Waals surface area contributed by atoms with Crippen molar-refractivity contribution < 1.29 is 0 Å². The van der Waals surface area contributed by atoms with Crippen LogP contribution in [0.4, 0.5) is 29.0 Å². The molecule has 0 aliphatic heterocycles. The van der Waals surface area contributed by atoms with Gasteiger partial charge < -0.3 is 10.6 Å². The SMILES string of the molecule is CNc1nc(Nc2ccc(C)cc2)c(C#N)c(C)c1/N=N/c1nc(C)nn1-c1ccccn1. The van der Waals surface area contributed by atoms with Crippen LogP contribution in [0.15, 0.2) is 58.9 Å². The average Bonchev–Trinajstić information content (AvgIpc) is 3.20. The number of benzene rings is 1. The third kappa shape index (κ3) is 4.52. The van der Waals surface area contributed by atoms with E-state index in [0.29, 0.717) is 40.1 Å². The lowest BCUT2D eigenvalue weighted by Gasteiger charge is -2.14. The standard InChI is InChI=1S/C23H22N10/c1-14-8-10-17(11-9-14)28-21-18(13-24)15(2)20(22(25-4)29-21)30-31-23-27-16(3)32-33(23)19-7-5-6-12-26-19/h5-12H,1-4H3,(H2,25,28,29)/b31-30+. The van der Waals surface area contributed by atoms with Crippen molar-refractivity contribution in [1.29, 1.82) is 5.26 Å². The zero-order chi connectivity index (χ0) is 23.4. The minimum atomic E-state index is 0.271. The van der Waals surface area contributed by atoms with Gasteiger partial charge >= 0.3 is 0 Å². The molecule has 0 amide bonds. The summed E-state index contributed by atoms with van der Waals surface area (Å²) in [6, 6.07) is 15.6. The summed E-state index contributed by atoms with van der Waals surface area (Å²) < 4.78 is 1.51. The predicted octanol–water partition coefficient (Wildman–Crippen LogP) is 5.05. The van der Waals surface area contributed by atoms with Crippen molar-refractivity contribution >= 4 is 29.0 Å². The molecule has 0 aliphatic rings. The number of azo groups is 1. The molecule has 0 atom stereocenters. The summed E-state index contributed by atoms with van der Waals surface area (Å²) >= 11 is 0. The van der Waals surface area contributed by atoms with Gasteiger partial charge in [0.25, 0.3) is 5.95 Å². The molecule has 0 fully saturated rings. The number of aryl methyl sites for hydroxylation is 2. The third-order valence-corrected chi connectivity index (χ3v) is 4.88. The monoisotopic (exact) mass is 438 g/mol. The minimum Gasteiger partial charge on any atom is -0.371 e. The first-order valence-corrected chi connectivity index (χ1v) is 10.2. The van der Waals surface area contributed by atoms with Crippen LogP contribution in [0.1, 0.15) is 22.5 Å². The summed E-state index contributed by atoms with van der Waals surface area (Å²) in [5, 5.41) is 29.1. The summed E-state index contributed by atoms with van der Waals surface area (Å²) in [5.41, 5.74) is 3.43. The number of rotatable bonds is 6. The number of hydrogen-bond donors (Lipinski definition) is 2. The zero-order valence-electron chi connectivity index (χ0n) is 18.7. The van der Waals surface area contributed by atoms with Crippen molar-refractivity contribution in [2.24, 2.45) is 10.2 Å².